The zero-order valence-corrected chi connectivity index (χ0v) is 13.3. The van der Waals surface area contributed by atoms with Crippen LogP contribution >= 0.6 is 0 Å². The lowest BCUT2D eigenvalue weighted by Gasteiger charge is -2.37. The van der Waals surface area contributed by atoms with Gasteiger partial charge in [0.2, 0.25) is 0 Å². The fourth-order valence-electron chi connectivity index (χ4n) is 4.14. The molecule has 2 N–H and O–H groups in total. The Morgan fingerprint density at radius 2 is 2.10 bits per heavy atom. The monoisotopic (exact) mass is 285 g/mol. The Balaban J connectivity index is 1.99. The molecule has 3 rings (SSSR count). The summed E-state index contributed by atoms with van der Waals surface area (Å²) in [5.74, 6) is 2.58. The first-order chi connectivity index (χ1) is 10.2. The highest BCUT2D eigenvalue weighted by Gasteiger charge is 2.32. The number of aryl methyl sites for hydroxylation is 1. The molecule has 2 aromatic rings. The van der Waals surface area contributed by atoms with Crippen LogP contribution in [-0.2, 0) is 0 Å². The minimum absolute atomic E-state index is 0.521. The summed E-state index contributed by atoms with van der Waals surface area (Å²) < 4.78 is 2.47. The minimum Gasteiger partial charge on any atom is -0.330 e. The van der Waals surface area contributed by atoms with E-state index in [9.17, 15) is 0 Å². The van der Waals surface area contributed by atoms with Crippen LogP contribution in [0.3, 0.4) is 0 Å². The first-order valence-electron chi connectivity index (χ1n) is 8.38. The third-order valence-electron chi connectivity index (χ3n) is 5.17. The number of hydrogen-bond acceptors (Lipinski definition) is 2. The molecule has 3 atom stereocenters. The molecule has 1 saturated carbocycles. The summed E-state index contributed by atoms with van der Waals surface area (Å²) in [5.41, 5.74) is 8.47. The van der Waals surface area contributed by atoms with Crippen molar-refractivity contribution in [2.75, 3.05) is 6.54 Å². The quantitative estimate of drug-likeness (QED) is 0.920. The zero-order valence-electron chi connectivity index (χ0n) is 13.3. The second-order valence-electron chi connectivity index (χ2n) is 6.55. The van der Waals surface area contributed by atoms with Crippen LogP contribution in [0.1, 0.15) is 50.9 Å². The molecular formula is C18H27N3. The molecule has 3 nitrogen and oxygen atoms in total. The summed E-state index contributed by atoms with van der Waals surface area (Å²) in [4.78, 5) is 4.75. The molecule has 1 aliphatic carbocycles. The summed E-state index contributed by atoms with van der Waals surface area (Å²) in [7, 11) is 0. The van der Waals surface area contributed by atoms with Gasteiger partial charge in [-0.15, -0.1) is 0 Å². The maximum absolute atomic E-state index is 6.08. The molecule has 0 saturated heterocycles. The molecule has 1 aromatic heterocycles. The van der Waals surface area contributed by atoms with E-state index in [0.29, 0.717) is 12.0 Å². The minimum atomic E-state index is 0.521. The third-order valence-corrected chi connectivity index (χ3v) is 5.17. The van der Waals surface area contributed by atoms with Crippen molar-refractivity contribution in [2.24, 2.45) is 17.6 Å². The number of rotatable bonds is 4. The van der Waals surface area contributed by atoms with Crippen molar-refractivity contribution in [2.45, 2.75) is 52.0 Å². The van der Waals surface area contributed by atoms with Crippen molar-refractivity contribution in [3.63, 3.8) is 0 Å². The number of para-hydroxylation sites is 2. The van der Waals surface area contributed by atoms with Crippen molar-refractivity contribution in [1.82, 2.24) is 9.55 Å². The Labute approximate surface area is 127 Å². The Bertz CT molecular complexity index is 602. The largest absolute Gasteiger partial charge is 0.330 e. The molecule has 1 aromatic carbocycles. The predicted molar refractivity (Wildman–Crippen MR) is 88.3 cm³/mol. The number of aromatic nitrogens is 2. The maximum atomic E-state index is 6.08. The zero-order chi connectivity index (χ0) is 14.8. The maximum Gasteiger partial charge on any atom is 0.106 e. The molecule has 1 fully saturated rings. The Kier molecular flexibility index (Phi) is 4.29. The summed E-state index contributed by atoms with van der Waals surface area (Å²) in [5, 5.41) is 0. The number of fused-ring (bicyclic) bond motifs is 1. The van der Waals surface area contributed by atoms with E-state index in [1.165, 1.54) is 37.6 Å². The first-order valence-corrected chi connectivity index (χ1v) is 8.38. The molecule has 1 heterocycles. The number of nitrogens with zero attached hydrogens (tertiary/aromatic N) is 2. The lowest BCUT2D eigenvalue weighted by Crippen LogP contribution is -2.33. The van der Waals surface area contributed by atoms with Gasteiger partial charge in [-0.1, -0.05) is 31.9 Å². The van der Waals surface area contributed by atoms with Crippen LogP contribution in [-0.4, -0.2) is 16.1 Å². The lowest BCUT2D eigenvalue weighted by molar-refractivity contribution is 0.182. The van der Waals surface area contributed by atoms with E-state index in [1.807, 2.05) is 0 Å². The van der Waals surface area contributed by atoms with Crippen molar-refractivity contribution in [3.05, 3.63) is 30.1 Å². The number of imidazole rings is 1. The molecule has 0 radical (unpaired) electrons. The number of benzene rings is 1. The van der Waals surface area contributed by atoms with Gasteiger partial charge in [-0.05, 0) is 56.7 Å². The molecule has 1 aliphatic rings. The van der Waals surface area contributed by atoms with Crippen LogP contribution in [0.2, 0.25) is 0 Å². The van der Waals surface area contributed by atoms with E-state index in [1.54, 1.807) is 0 Å². The van der Waals surface area contributed by atoms with E-state index in [4.69, 9.17) is 10.7 Å². The molecular weight excluding hydrogens is 258 g/mol. The molecule has 0 bridgehead atoms. The van der Waals surface area contributed by atoms with Crippen LogP contribution < -0.4 is 5.73 Å². The molecule has 114 valence electrons. The van der Waals surface area contributed by atoms with Crippen LogP contribution in [0.4, 0.5) is 0 Å². The molecule has 0 aliphatic heterocycles. The predicted octanol–water partition coefficient (Wildman–Crippen LogP) is 4.06. The highest BCUT2D eigenvalue weighted by molar-refractivity contribution is 5.76. The first kappa shape index (κ1) is 14.6. The summed E-state index contributed by atoms with van der Waals surface area (Å²) in [6.45, 7) is 5.22. The van der Waals surface area contributed by atoms with Crippen molar-refractivity contribution in [3.8, 4) is 0 Å². The molecule has 3 heteroatoms. The highest BCUT2D eigenvalue weighted by atomic mass is 15.1. The van der Waals surface area contributed by atoms with E-state index in [-0.39, 0.29) is 0 Å². The highest BCUT2D eigenvalue weighted by Crippen LogP contribution is 2.40. The van der Waals surface area contributed by atoms with Gasteiger partial charge in [-0.2, -0.15) is 0 Å². The average Bonchev–Trinajstić information content (AvgIpc) is 2.83. The Morgan fingerprint density at radius 3 is 2.86 bits per heavy atom. The van der Waals surface area contributed by atoms with Crippen LogP contribution in [0, 0.1) is 18.8 Å². The number of nitrogens with two attached hydrogens (primary N) is 1. The second-order valence-corrected chi connectivity index (χ2v) is 6.55. The fraction of sp³-hybridized carbons (Fsp3) is 0.611. The van der Waals surface area contributed by atoms with Crippen LogP contribution in [0.15, 0.2) is 24.3 Å². The van der Waals surface area contributed by atoms with Gasteiger partial charge in [-0.25, -0.2) is 4.98 Å². The Hall–Kier alpha value is -1.35. The van der Waals surface area contributed by atoms with Gasteiger partial charge in [-0.3, -0.25) is 0 Å². The summed E-state index contributed by atoms with van der Waals surface area (Å²) in [6, 6.07) is 9.02. The summed E-state index contributed by atoms with van der Waals surface area (Å²) >= 11 is 0. The van der Waals surface area contributed by atoms with Gasteiger partial charge < -0.3 is 10.3 Å². The second kappa shape index (κ2) is 6.18. The standard InChI is InChI=1S/C18H27N3/c1-3-6-14-9-10-15(12-19)18(11-14)21-13(2)20-16-7-4-5-8-17(16)21/h4-5,7-8,14-15,18H,3,6,9-12,19H2,1-2H3. The average molecular weight is 285 g/mol. The van der Waals surface area contributed by atoms with Gasteiger partial charge in [0.1, 0.15) is 5.82 Å². The Morgan fingerprint density at radius 1 is 1.29 bits per heavy atom. The molecule has 0 amide bonds. The van der Waals surface area contributed by atoms with E-state index < -0.39 is 0 Å². The normalized spacial score (nSPS) is 26.3. The van der Waals surface area contributed by atoms with Gasteiger partial charge in [0, 0.05) is 6.04 Å². The van der Waals surface area contributed by atoms with Gasteiger partial charge in [0.05, 0.1) is 11.0 Å². The topological polar surface area (TPSA) is 43.8 Å². The molecule has 0 spiro atoms. The molecule has 21 heavy (non-hydrogen) atoms. The fourth-order valence-corrected chi connectivity index (χ4v) is 4.14. The van der Waals surface area contributed by atoms with E-state index in [2.05, 4.69) is 42.7 Å². The van der Waals surface area contributed by atoms with Crippen molar-refractivity contribution in [1.29, 1.82) is 0 Å². The van der Waals surface area contributed by atoms with Gasteiger partial charge in [0.25, 0.3) is 0 Å². The van der Waals surface area contributed by atoms with E-state index >= 15 is 0 Å². The van der Waals surface area contributed by atoms with Gasteiger partial charge >= 0.3 is 0 Å². The summed E-state index contributed by atoms with van der Waals surface area (Å²) in [6.07, 6.45) is 6.50. The third kappa shape index (κ3) is 2.71. The van der Waals surface area contributed by atoms with Gasteiger partial charge in [0.15, 0.2) is 0 Å². The molecule has 3 unspecified atom stereocenters. The smallest absolute Gasteiger partial charge is 0.106 e. The van der Waals surface area contributed by atoms with E-state index in [0.717, 1.165) is 23.8 Å². The van der Waals surface area contributed by atoms with Crippen molar-refractivity contribution < 1.29 is 0 Å². The van der Waals surface area contributed by atoms with Crippen LogP contribution in [0.5, 0.6) is 0 Å². The SMILES string of the molecule is CCCC1CCC(CN)C(n2c(C)nc3ccccc32)C1. The number of hydrogen-bond donors (Lipinski definition) is 1. The lowest BCUT2D eigenvalue weighted by atomic mass is 9.76. The van der Waals surface area contributed by atoms with Crippen molar-refractivity contribution >= 4 is 11.0 Å². The van der Waals surface area contributed by atoms with Crippen LogP contribution in [0.25, 0.3) is 11.0 Å².